The van der Waals surface area contributed by atoms with Crippen LogP contribution in [-0.4, -0.2) is 5.11 Å². The van der Waals surface area contributed by atoms with E-state index in [-0.39, 0.29) is 17.6 Å². The molecule has 0 aliphatic rings. The quantitative estimate of drug-likeness (QED) is 0.852. The van der Waals surface area contributed by atoms with E-state index in [0.29, 0.717) is 5.56 Å². The van der Waals surface area contributed by atoms with Crippen LogP contribution in [0.5, 0.6) is 5.75 Å². The molecule has 1 atom stereocenters. The van der Waals surface area contributed by atoms with Gasteiger partial charge in [-0.05, 0) is 31.0 Å². The monoisotopic (exact) mass is 259 g/mol. The highest BCUT2D eigenvalue weighted by atomic mass is 19.1. The van der Waals surface area contributed by atoms with Crippen LogP contribution >= 0.6 is 0 Å². The fourth-order valence-corrected chi connectivity index (χ4v) is 2.06. The summed E-state index contributed by atoms with van der Waals surface area (Å²) >= 11 is 0. The van der Waals surface area contributed by atoms with Crippen LogP contribution in [0.25, 0.3) is 0 Å². The molecule has 0 heterocycles. The Labute approximate surface area is 112 Å². The molecule has 0 saturated heterocycles. The normalized spacial score (nSPS) is 12.2. The third kappa shape index (κ3) is 3.05. The van der Waals surface area contributed by atoms with E-state index in [1.165, 1.54) is 6.07 Å². The molecule has 2 rings (SSSR count). The topological polar surface area (TPSA) is 32.3 Å². The van der Waals surface area contributed by atoms with Crippen LogP contribution in [0.4, 0.5) is 10.1 Å². The lowest BCUT2D eigenvalue weighted by atomic mass is 10.0. The van der Waals surface area contributed by atoms with E-state index < -0.39 is 0 Å². The van der Waals surface area contributed by atoms with Gasteiger partial charge >= 0.3 is 0 Å². The summed E-state index contributed by atoms with van der Waals surface area (Å²) in [6, 6.07) is 12.0. The molecular formula is C16H18FNO. The van der Waals surface area contributed by atoms with Crippen LogP contribution in [0.2, 0.25) is 0 Å². The average molecular weight is 259 g/mol. The summed E-state index contributed by atoms with van der Waals surface area (Å²) in [7, 11) is 0. The Balaban J connectivity index is 2.24. The molecule has 0 aliphatic carbocycles. The predicted molar refractivity (Wildman–Crippen MR) is 75.9 cm³/mol. The number of benzene rings is 2. The van der Waals surface area contributed by atoms with Crippen LogP contribution in [0, 0.1) is 12.7 Å². The van der Waals surface area contributed by atoms with Gasteiger partial charge in [-0.15, -0.1) is 0 Å². The number of nitrogens with one attached hydrogen (secondary N) is 1. The molecule has 2 aromatic rings. The van der Waals surface area contributed by atoms with Crippen molar-refractivity contribution in [2.75, 3.05) is 5.32 Å². The lowest BCUT2D eigenvalue weighted by molar-refractivity contribution is 0.471. The number of phenols is 1. The third-order valence-electron chi connectivity index (χ3n) is 3.24. The van der Waals surface area contributed by atoms with Gasteiger partial charge < -0.3 is 10.4 Å². The maximum Gasteiger partial charge on any atom is 0.128 e. The molecule has 0 amide bonds. The van der Waals surface area contributed by atoms with Crippen molar-refractivity contribution in [3.8, 4) is 5.75 Å². The van der Waals surface area contributed by atoms with Crippen molar-refractivity contribution in [2.45, 2.75) is 26.3 Å². The molecule has 19 heavy (non-hydrogen) atoms. The minimum absolute atomic E-state index is 0.108. The van der Waals surface area contributed by atoms with Crippen LogP contribution < -0.4 is 5.32 Å². The summed E-state index contributed by atoms with van der Waals surface area (Å²) in [5.41, 5.74) is 2.26. The van der Waals surface area contributed by atoms with Gasteiger partial charge in [-0.25, -0.2) is 4.39 Å². The van der Waals surface area contributed by atoms with Gasteiger partial charge in [-0.1, -0.05) is 31.2 Å². The van der Waals surface area contributed by atoms with Crippen LogP contribution in [0.1, 0.15) is 30.5 Å². The highest BCUT2D eigenvalue weighted by Gasteiger charge is 2.13. The first kappa shape index (κ1) is 13.4. The molecule has 2 nitrogen and oxygen atoms in total. The molecule has 0 saturated carbocycles. The first-order valence-electron chi connectivity index (χ1n) is 6.42. The van der Waals surface area contributed by atoms with Crippen molar-refractivity contribution in [3.63, 3.8) is 0 Å². The summed E-state index contributed by atoms with van der Waals surface area (Å²) in [4.78, 5) is 0. The van der Waals surface area contributed by atoms with E-state index in [1.807, 2.05) is 32.0 Å². The maximum atomic E-state index is 13.8. The minimum atomic E-state index is -0.210. The molecule has 1 unspecified atom stereocenters. The lowest BCUT2D eigenvalue weighted by Gasteiger charge is -2.19. The van der Waals surface area contributed by atoms with Gasteiger partial charge in [-0.3, -0.25) is 0 Å². The first-order valence-corrected chi connectivity index (χ1v) is 6.42. The number of anilines is 1. The molecule has 0 spiro atoms. The van der Waals surface area contributed by atoms with E-state index in [1.54, 1.807) is 18.2 Å². The van der Waals surface area contributed by atoms with Crippen LogP contribution in [0.15, 0.2) is 42.5 Å². The van der Waals surface area contributed by atoms with Crippen LogP contribution in [-0.2, 0) is 0 Å². The largest absolute Gasteiger partial charge is 0.508 e. The number of hydrogen-bond donors (Lipinski definition) is 2. The van der Waals surface area contributed by atoms with Crippen molar-refractivity contribution < 1.29 is 9.50 Å². The zero-order chi connectivity index (χ0) is 13.8. The third-order valence-corrected chi connectivity index (χ3v) is 3.24. The maximum absolute atomic E-state index is 13.8. The SMILES string of the molecule is CCC(Nc1ccc(C)c(O)c1)c1ccccc1F. The number of hydrogen-bond acceptors (Lipinski definition) is 2. The molecule has 2 N–H and O–H groups in total. The Hall–Kier alpha value is -2.03. The molecule has 3 heteroatoms. The second-order valence-corrected chi connectivity index (χ2v) is 4.63. The van der Waals surface area contributed by atoms with Gasteiger partial charge in [-0.2, -0.15) is 0 Å². The van der Waals surface area contributed by atoms with Gasteiger partial charge in [0.2, 0.25) is 0 Å². The van der Waals surface area contributed by atoms with Gasteiger partial charge in [0, 0.05) is 17.3 Å². The standard InChI is InChI=1S/C16H18FNO/c1-3-15(13-6-4-5-7-14(13)17)18-12-9-8-11(2)16(19)10-12/h4-10,15,18-19H,3H2,1-2H3. The van der Waals surface area contributed by atoms with Gasteiger partial charge in [0.25, 0.3) is 0 Å². The van der Waals surface area contributed by atoms with E-state index in [4.69, 9.17) is 0 Å². The zero-order valence-electron chi connectivity index (χ0n) is 11.2. The molecule has 0 aliphatic heterocycles. The summed E-state index contributed by atoms with van der Waals surface area (Å²) in [5.74, 6) is 0.0339. The fourth-order valence-electron chi connectivity index (χ4n) is 2.06. The van der Waals surface area contributed by atoms with Crippen molar-refractivity contribution in [2.24, 2.45) is 0 Å². The highest BCUT2D eigenvalue weighted by Crippen LogP contribution is 2.27. The molecule has 0 bridgehead atoms. The van der Waals surface area contributed by atoms with E-state index in [9.17, 15) is 9.50 Å². The lowest BCUT2D eigenvalue weighted by Crippen LogP contribution is -2.11. The molecule has 100 valence electrons. The Morgan fingerprint density at radius 2 is 1.95 bits per heavy atom. The Bertz CT molecular complexity index is 568. The van der Waals surface area contributed by atoms with Crippen molar-refractivity contribution >= 4 is 5.69 Å². The zero-order valence-corrected chi connectivity index (χ0v) is 11.2. The number of aromatic hydroxyl groups is 1. The number of rotatable bonds is 4. The summed E-state index contributed by atoms with van der Waals surface area (Å²) in [5, 5.41) is 13.0. The van der Waals surface area contributed by atoms with Crippen molar-refractivity contribution in [3.05, 3.63) is 59.4 Å². The summed E-state index contributed by atoms with van der Waals surface area (Å²) in [6.07, 6.45) is 0.759. The Morgan fingerprint density at radius 3 is 2.58 bits per heavy atom. The first-order chi connectivity index (χ1) is 9.11. The predicted octanol–water partition coefficient (Wildman–Crippen LogP) is 4.40. The molecule has 0 fully saturated rings. The number of phenolic OH excluding ortho intramolecular Hbond substituents is 1. The second-order valence-electron chi connectivity index (χ2n) is 4.63. The Morgan fingerprint density at radius 1 is 1.21 bits per heavy atom. The molecule has 0 radical (unpaired) electrons. The number of halogens is 1. The van der Waals surface area contributed by atoms with E-state index in [0.717, 1.165) is 17.7 Å². The van der Waals surface area contributed by atoms with Crippen molar-refractivity contribution in [1.82, 2.24) is 0 Å². The van der Waals surface area contributed by atoms with Gasteiger partial charge in [0.05, 0.1) is 6.04 Å². The smallest absolute Gasteiger partial charge is 0.128 e. The van der Waals surface area contributed by atoms with E-state index >= 15 is 0 Å². The summed E-state index contributed by atoms with van der Waals surface area (Å²) in [6.45, 7) is 3.84. The fraction of sp³-hybridized carbons (Fsp3) is 0.250. The second kappa shape index (κ2) is 5.74. The van der Waals surface area contributed by atoms with Crippen molar-refractivity contribution in [1.29, 1.82) is 0 Å². The van der Waals surface area contributed by atoms with E-state index in [2.05, 4.69) is 5.32 Å². The molecular weight excluding hydrogens is 241 g/mol. The number of aryl methyl sites for hydroxylation is 1. The van der Waals surface area contributed by atoms with Gasteiger partial charge in [0.1, 0.15) is 11.6 Å². The Kier molecular flexibility index (Phi) is 4.05. The minimum Gasteiger partial charge on any atom is -0.508 e. The summed E-state index contributed by atoms with van der Waals surface area (Å²) < 4.78 is 13.8. The van der Waals surface area contributed by atoms with Crippen LogP contribution in [0.3, 0.4) is 0 Å². The van der Waals surface area contributed by atoms with Gasteiger partial charge in [0.15, 0.2) is 0 Å². The average Bonchev–Trinajstić information content (AvgIpc) is 2.41. The molecule has 0 aromatic heterocycles. The highest BCUT2D eigenvalue weighted by molar-refractivity contribution is 5.52. The molecule has 2 aromatic carbocycles.